The van der Waals surface area contributed by atoms with Gasteiger partial charge in [-0.25, -0.2) is 0 Å². The molecule has 2 aromatic rings. The Morgan fingerprint density at radius 1 is 0.941 bits per heavy atom. The molecule has 2 N–H and O–H groups in total. The summed E-state index contributed by atoms with van der Waals surface area (Å²) in [7, 11) is 0. The average molecular weight is 289 g/mol. The quantitative estimate of drug-likeness (QED) is 0.787. The maximum absolute atomic E-state index is 6.00. The van der Waals surface area contributed by atoms with Crippen LogP contribution >= 0.6 is 34.8 Å². The van der Waals surface area contributed by atoms with E-state index in [1.165, 1.54) is 0 Å². The minimum absolute atomic E-state index is 0.350. The van der Waals surface area contributed by atoms with E-state index in [4.69, 9.17) is 45.3 Å². The Labute approximate surface area is 114 Å². The Bertz CT molecular complexity index is 557. The molecule has 0 fully saturated rings. The van der Waals surface area contributed by atoms with Crippen LogP contribution in [0, 0.1) is 0 Å². The molecular weight excluding hydrogens is 280 g/mol. The molecule has 2 rings (SSSR count). The van der Waals surface area contributed by atoms with Crippen molar-refractivity contribution in [1.82, 2.24) is 0 Å². The molecule has 17 heavy (non-hydrogen) atoms. The van der Waals surface area contributed by atoms with Crippen LogP contribution in [-0.4, -0.2) is 0 Å². The Kier molecular flexibility index (Phi) is 3.67. The lowest BCUT2D eigenvalue weighted by molar-refractivity contribution is 0.485. The van der Waals surface area contributed by atoms with E-state index < -0.39 is 0 Å². The van der Waals surface area contributed by atoms with Crippen molar-refractivity contribution in [2.24, 2.45) is 0 Å². The lowest BCUT2D eigenvalue weighted by atomic mass is 10.3. The lowest BCUT2D eigenvalue weighted by Gasteiger charge is -2.10. The third kappa shape index (κ3) is 2.78. The highest BCUT2D eigenvalue weighted by atomic mass is 35.5. The maximum Gasteiger partial charge on any atom is 0.150 e. The van der Waals surface area contributed by atoms with Crippen molar-refractivity contribution >= 4 is 40.5 Å². The molecule has 0 atom stereocenters. The summed E-state index contributed by atoms with van der Waals surface area (Å²) in [6.45, 7) is 0. The number of hydrogen-bond acceptors (Lipinski definition) is 2. The predicted molar refractivity (Wildman–Crippen MR) is 72.4 cm³/mol. The minimum Gasteiger partial charge on any atom is -0.454 e. The lowest BCUT2D eigenvalue weighted by Crippen LogP contribution is -1.92. The summed E-state index contributed by atoms with van der Waals surface area (Å²) in [6.07, 6.45) is 0. The normalized spacial score (nSPS) is 10.3. The van der Waals surface area contributed by atoms with E-state index in [2.05, 4.69) is 0 Å². The molecule has 0 saturated carbocycles. The second kappa shape index (κ2) is 5.05. The largest absolute Gasteiger partial charge is 0.454 e. The van der Waals surface area contributed by atoms with E-state index in [1.807, 2.05) is 0 Å². The van der Waals surface area contributed by atoms with Crippen LogP contribution in [0.1, 0.15) is 0 Å². The Hall–Kier alpha value is -1.09. The molecule has 0 saturated heterocycles. The second-order valence-corrected chi connectivity index (χ2v) is 4.56. The van der Waals surface area contributed by atoms with Crippen LogP contribution in [0.25, 0.3) is 0 Å². The van der Waals surface area contributed by atoms with Crippen molar-refractivity contribution in [2.45, 2.75) is 0 Å². The number of anilines is 1. The predicted octanol–water partition coefficient (Wildman–Crippen LogP) is 5.02. The standard InChI is InChI=1S/C12H8Cl3NO/c13-7-4-5-10(9(16)6-7)17-11-3-1-2-8(14)12(11)15/h1-6H,16H2. The second-order valence-electron chi connectivity index (χ2n) is 3.34. The van der Waals surface area contributed by atoms with Gasteiger partial charge in [0.05, 0.1) is 10.7 Å². The first-order valence-electron chi connectivity index (χ1n) is 4.75. The third-order valence-electron chi connectivity index (χ3n) is 2.11. The van der Waals surface area contributed by atoms with Gasteiger partial charge in [-0.15, -0.1) is 0 Å². The van der Waals surface area contributed by atoms with Crippen LogP contribution in [0.3, 0.4) is 0 Å². The van der Waals surface area contributed by atoms with Crippen LogP contribution in [0.15, 0.2) is 36.4 Å². The SMILES string of the molecule is Nc1cc(Cl)ccc1Oc1cccc(Cl)c1Cl. The van der Waals surface area contributed by atoms with Crippen molar-refractivity contribution in [3.05, 3.63) is 51.5 Å². The highest BCUT2D eigenvalue weighted by Gasteiger charge is 2.08. The molecular formula is C12H8Cl3NO. The summed E-state index contributed by atoms with van der Waals surface area (Å²) in [5, 5.41) is 1.33. The number of hydrogen-bond donors (Lipinski definition) is 1. The zero-order chi connectivity index (χ0) is 12.4. The van der Waals surface area contributed by atoms with Crippen LogP contribution in [0.4, 0.5) is 5.69 Å². The number of nitrogens with two attached hydrogens (primary N) is 1. The fourth-order valence-corrected chi connectivity index (χ4v) is 1.80. The molecule has 2 aromatic carbocycles. The topological polar surface area (TPSA) is 35.2 Å². The summed E-state index contributed by atoms with van der Waals surface area (Å²) in [6, 6.07) is 10.1. The smallest absolute Gasteiger partial charge is 0.150 e. The molecule has 0 aromatic heterocycles. The van der Waals surface area contributed by atoms with Crippen molar-refractivity contribution < 1.29 is 4.74 Å². The van der Waals surface area contributed by atoms with E-state index in [9.17, 15) is 0 Å². The van der Waals surface area contributed by atoms with Crippen molar-refractivity contribution in [2.75, 3.05) is 5.73 Å². The van der Waals surface area contributed by atoms with E-state index in [-0.39, 0.29) is 0 Å². The van der Waals surface area contributed by atoms with Crippen LogP contribution in [0.5, 0.6) is 11.5 Å². The zero-order valence-electron chi connectivity index (χ0n) is 8.58. The van der Waals surface area contributed by atoms with Gasteiger partial charge in [-0.3, -0.25) is 0 Å². The molecule has 0 radical (unpaired) electrons. The molecule has 0 unspecified atom stereocenters. The van der Waals surface area contributed by atoms with Gasteiger partial charge in [-0.2, -0.15) is 0 Å². The van der Waals surface area contributed by atoms with Crippen molar-refractivity contribution in [3.63, 3.8) is 0 Å². The molecule has 0 amide bonds. The van der Waals surface area contributed by atoms with Gasteiger partial charge in [-0.05, 0) is 30.3 Å². The summed E-state index contributed by atoms with van der Waals surface area (Å²) < 4.78 is 5.58. The van der Waals surface area contributed by atoms with E-state index in [0.29, 0.717) is 32.3 Å². The van der Waals surface area contributed by atoms with E-state index in [1.54, 1.807) is 36.4 Å². The summed E-state index contributed by atoms with van der Waals surface area (Å²) in [4.78, 5) is 0. The monoisotopic (exact) mass is 287 g/mol. The fraction of sp³-hybridized carbons (Fsp3) is 0. The number of nitrogen functional groups attached to an aromatic ring is 1. The number of ether oxygens (including phenoxy) is 1. The molecule has 0 spiro atoms. The summed E-state index contributed by atoms with van der Waals surface area (Å²) in [5.74, 6) is 0.937. The van der Waals surface area contributed by atoms with Gasteiger partial charge < -0.3 is 10.5 Å². The highest BCUT2D eigenvalue weighted by Crippen LogP contribution is 2.36. The van der Waals surface area contributed by atoms with Crippen molar-refractivity contribution in [3.8, 4) is 11.5 Å². The van der Waals surface area contributed by atoms with Gasteiger partial charge in [-0.1, -0.05) is 40.9 Å². The van der Waals surface area contributed by atoms with Crippen LogP contribution in [-0.2, 0) is 0 Å². The highest BCUT2D eigenvalue weighted by molar-refractivity contribution is 6.42. The van der Waals surface area contributed by atoms with Gasteiger partial charge in [0.2, 0.25) is 0 Å². The van der Waals surface area contributed by atoms with Gasteiger partial charge in [0.25, 0.3) is 0 Å². The number of rotatable bonds is 2. The molecule has 0 aliphatic carbocycles. The molecule has 2 nitrogen and oxygen atoms in total. The van der Waals surface area contributed by atoms with E-state index >= 15 is 0 Å². The van der Waals surface area contributed by atoms with Crippen molar-refractivity contribution in [1.29, 1.82) is 0 Å². The molecule has 0 aliphatic heterocycles. The molecule has 0 bridgehead atoms. The minimum atomic E-state index is 0.350. The van der Waals surface area contributed by atoms with E-state index in [0.717, 1.165) is 0 Å². The van der Waals surface area contributed by atoms with Gasteiger partial charge >= 0.3 is 0 Å². The van der Waals surface area contributed by atoms with Gasteiger partial charge in [0.1, 0.15) is 16.5 Å². The van der Waals surface area contributed by atoms with Gasteiger partial charge in [0.15, 0.2) is 0 Å². The number of halogens is 3. The maximum atomic E-state index is 6.00. The first kappa shape index (κ1) is 12.4. The first-order valence-corrected chi connectivity index (χ1v) is 5.88. The fourth-order valence-electron chi connectivity index (χ4n) is 1.29. The molecule has 5 heteroatoms. The Balaban J connectivity index is 2.35. The van der Waals surface area contributed by atoms with Gasteiger partial charge in [0, 0.05) is 5.02 Å². The molecule has 88 valence electrons. The first-order chi connectivity index (χ1) is 8.08. The molecule has 0 heterocycles. The zero-order valence-corrected chi connectivity index (χ0v) is 10.9. The van der Waals surface area contributed by atoms with Crippen LogP contribution < -0.4 is 10.5 Å². The number of benzene rings is 2. The average Bonchev–Trinajstić information content (AvgIpc) is 2.28. The van der Waals surface area contributed by atoms with Crippen LogP contribution in [0.2, 0.25) is 15.1 Å². The Morgan fingerprint density at radius 2 is 1.71 bits per heavy atom. The summed E-state index contributed by atoms with van der Waals surface area (Å²) in [5.41, 5.74) is 6.21. The molecule has 0 aliphatic rings. The Morgan fingerprint density at radius 3 is 2.41 bits per heavy atom. The summed E-state index contributed by atoms with van der Waals surface area (Å²) >= 11 is 17.7. The third-order valence-corrected chi connectivity index (χ3v) is 3.14.